The molecule has 0 aromatic carbocycles. The van der Waals surface area contributed by atoms with E-state index in [9.17, 15) is 9.59 Å². The van der Waals surface area contributed by atoms with Gasteiger partial charge in [0.2, 0.25) is 5.78 Å². The van der Waals surface area contributed by atoms with Crippen molar-refractivity contribution in [2.45, 2.75) is 52.3 Å². The van der Waals surface area contributed by atoms with Gasteiger partial charge in [-0.2, -0.15) is 0 Å². The molecular weight excluding hydrogens is 404 g/mol. The lowest BCUT2D eigenvalue weighted by atomic mass is 9.99. The normalized spacial score (nSPS) is 12.6. The zero-order chi connectivity index (χ0) is 20.6. The maximum Gasteiger partial charge on any atom is 0.407 e. The summed E-state index contributed by atoms with van der Waals surface area (Å²) in [6.07, 6.45) is -0.168. The summed E-state index contributed by atoms with van der Waals surface area (Å²) in [5, 5.41) is 10.7. The summed E-state index contributed by atoms with van der Waals surface area (Å²) in [6, 6.07) is -0.766. The van der Waals surface area contributed by atoms with E-state index in [1.54, 1.807) is 0 Å². The van der Waals surface area contributed by atoms with Gasteiger partial charge < -0.3 is 19.4 Å². The van der Waals surface area contributed by atoms with Gasteiger partial charge in [0, 0.05) is 12.3 Å². The summed E-state index contributed by atoms with van der Waals surface area (Å²) in [7, 11) is 3.95. The molecule has 162 valence electrons. The first kappa shape index (κ1) is 26.7. The minimum atomic E-state index is -0.766. The lowest BCUT2D eigenvalue weighted by Gasteiger charge is -2.21. The first-order chi connectivity index (χ1) is 12.5. The number of thioether (sulfide) groups is 1. The Kier molecular flexibility index (Phi) is 11.7. The molecule has 1 aromatic rings. The Labute approximate surface area is 177 Å². The summed E-state index contributed by atoms with van der Waals surface area (Å²) < 4.78 is 10.7. The van der Waals surface area contributed by atoms with Crippen LogP contribution in [0, 0.1) is 11.3 Å². The predicted octanol–water partition coefficient (Wildman–Crippen LogP) is 3.51. The summed E-state index contributed by atoms with van der Waals surface area (Å²) in [6.45, 7) is 10.9. The maximum atomic E-state index is 12.7. The van der Waals surface area contributed by atoms with E-state index in [1.165, 1.54) is 11.8 Å². The third-order valence-electron chi connectivity index (χ3n) is 3.33. The summed E-state index contributed by atoms with van der Waals surface area (Å²) in [5.74, 6) is 0.474. The fourth-order valence-electron chi connectivity index (χ4n) is 2.00. The van der Waals surface area contributed by atoms with Crippen molar-refractivity contribution in [2.75, 3.05) is 33.0 Å². The third-order valence-corrected chi connectivity index (χ3v) is 4.13. The summed E-state index contributed by atoms with van der Waals surface area (Å²) in [4.78, 5) is 26.8. The number of carbonyl (C=O) groups is 2. The van der Waals surface area contributed by atoms with Crippen LogP contribution in [0.4, 0.5) is 4.79 Å². The van der Waals surface area contributed by atoms with Crippen molar-refractivity contribution < 1.29 is 18.7 Å². The van der Waals surface area contributed by atoms with Gasteiger partial charge in [-0.1, -0.05) is 46.4 Å². The second kappa shape index (κ2) is 12.3. The molecule has 10 heteroatoms. The van der Waals surface area contributed by atoms with Crippen LogP contribution in [-0.2, 0) is 4.74 Å². The molecule has 0 radical (unpaired) electrons. The van der Waals surface area contributed by atoms with Crippen molar-refractivity contribution >= 4 is 36.0 Å². The van der Waals surface area contributed by atoms with Crippen LogP contribution in [0.1, 0.15) is 51.7 Å². The van der Waals surface area contributed by atoms with Crippen LogP contribution in [0.5, 0.6) is 0 Å². The van der Waals surface area contributed by atoms with Gasteiger partial charge in [0.25, 0.3) is 11.1 Å². The number of ketones is 1. The van der Waals surface area contributed by atoms with Gasteiger partial charge in [0.15, 0.2) is 0 Å². The van der Waals surface area contributed by atoms with E-state index in [0.717, 1.165) is 12.3 Å². The molecule has 1 aromatic heterocycles. The standard InChI is InChI=1S/C18H32N4O4S.ClH/c1-12(2)10-13(19-16(24)25-11-18(3,4)5)14(23)15-20-21-17(26-15)27-9-8-22(6)7;/h12-13H,8-11H2,1-7H3,(H,19,24);1H. The van der Waals surface area contributed by atoms with E-state index in [-0.39, 0.29) is 36.2 Å². The number of halogens is 1. The zero-order valence-corrected chi connectivity index (χ0v) is 19.4. The molecular formula is C18H33ClN4O4S. The van der Waals surface area contributed by atoms with Gasteiger partial charge >= 0.3 is 6.09 Å². The van der Waals surface area contributed by atoms with Gasteiger partial charge in [-0.3, -0.25) is 4.79 Å². The summed E-state index contributed by atoms with van der Waals surface area (Å²) >= 11 is 1.39. The van der Waals surface area contributed by atoms with E-state index in [4.69, 9.17) is 9.15 Å². The predicted molar refractivity (Wildman–Crippen MR) is 112 cm³/mol. The van der Waals surface area contributed by atoms with E-state index in [1.807, 2.05) is 53.6 Å². The van der Waals surface area contributed by atoms with E-state index >= 15 is 0 Å². The highest BCUT2D eigenvalue weighted by molar-refractivity contribution is 7.99. The molecule has 0 aliphatic heterocycles. The molecule has 0 aliphatic rings. The third kappa shape index (κ3) is 10.9. The fraction of sp³-hybridized carbons (Fsp3) is 0.778. The Hall–Kier alpha value is -1.32. The van der Waals surface area contributed by atoms with Gasteiger partial charge in [-0.15, -0.1) is 22.6 Å². The topological polar surface area (TPSA) is 97.6 Å². The number of amides is 1. The molecule has 1 amide bonds. The maximum absolute atomic E-state index is 12.7. The molecule has 1 atom stereocenters. The Bertz CT molecular complexity index is 617. The largest absolute Gasteiger partial charge is 0.449 e. The van der Waals surface area contributed by atoms with Crippen LogP contribution in [0.25, 0.3) is 0 Å². The molecule has 0 aliphatic carbocycles. The number of hydrogen-bond acceptors (Lipinski definition) is 8. The van der Waals surface area contributed by atoms with Gasteiger partial charge in [-0.05, 0) is 31.8 Å². The number of ether oxygens (including phenoxy) is 1. The van der Waals surface area contributed by atoms with Gasteiger partial charge in [-0.25, -0.2) is 4.79 Å². The van der Waals surface area contributed by atoms with Crippen molar-refractivity contribution in [2.24, 2.45) is 11.3 Å². The highest BCUT2D eigenvalue weighted by Gasteiger charge is 2.28. The molecule has 8 nitrogen and oxygen atoms in total. The Morgan fingerprint density at radius 1 is 1.25 bits per heavy atom. The average molecular weight is 437 g/mol. The molecule has 1 heterocycles. The van der Waals surface area contributed by atoms with Crippen LogP contribution in [0.15, 0.2) is 9.64 Å². The number of carbonyl (C=O) groups excluding carboxylic acids is 2. The molecule has 0 fully saturated rings. The molecule has 0 bridgehead atoms. The van der Waals surface area contributed by atoms with Crippen molar-refractivity contribution in [3.63, 3.8) is 0 Å². The summed E-state index contributed by atoms with van der Waals surface area (Å²) in [5.41, 5.74) is -0.153. The zero-order valence-electron chi connectivity index (χ0n) is 17.8. The average Bonchev–Trinajstić information content (AvgIpc) is 2.99. The van der Waals surface area contributed by atoms with Crippen LogP contribution >= 0.6 is 24.2 Å². The van der Waals surface area contributed by atoms with Crippen molar-refractivity contribution in [3.05, 3.63) is 5.89 Å². The smallest absolute Gasteiger partial charge is 0.407 e. The van der Waals surface area contributed by atoms with Crippen LogP contribution in [0.3, 0.4) is 0 Å². The van der Waals surface area contributed by atoms with E-state index in [2.05, 4.69) is 15.5 Å². The highest BCUT2D eigenvalue weighted by atomic mass is 35.5. The minimum Gasteiger partial charge on any atom is -0.449 e. The number of nitrogens with zero attached hydrogens (tertiary/aromatic N) is 3. The Morgan fingerprint density at radius 3 is 2.43 bits per heavy atom. The SMILES string of the molecule is CC(C)CC(NC(=O)OCC(C)(C)C)C(=O)c1nnc(SCCN(C)C)o1.Cl. The second-order valence-corrected chi connectivity index (χ2v) is 9.40. The van der Waals surface area contributed by atoms with E-state index in [0.29, 0.717) is 11.6 Å². The molecule has 1 N–H and O–H groups in total. The van der Waals surface area contributed by atoms with E-state index < -0.39 is 17.9 Å². The molecule has 1 unspecified atom stereocenters. The number of Topliss-reactive ketones (excluding diaryl/α,β-unsaturated/α-hetero) is 1. The number of rotatable bonds is 10. The van der Waals surface area contributed by atoms with Crippen molar-refractivity contribution in [1.82, 2.24) is 20.4 Å². The molecule has 0 spiro atoms. The monoisotopic (exact) mass is 436 g/mol. The minimum absolute atomic E-state index is 0. The molecule has 0 saturated heterocycles. The Morgan fingerprint density at radius 2 is 1.89 bits per heavy atom. The fourth-order valence-corrected chi connectivity index (χ4v) is 2.87. The molecule has 0 saturated carbocycles. The molecule has 28 heavy (non-hydrogen) atoms. The first-order valence-electron chi connectivity index (χ1n) is 9.06. The van der Waals surface area contributed by atoms with Gasteiger partial charge in [0.1, 0.15) is 6.04 Å². The van der Waals surface area contributed by atoms with Crippen molar-refractivity contribution in [1.29, 1.82) is 0 Å². The first-order valence-corrected chi connectivity index (χ1v) is 10.0. The van der Waals surface area contributed by atoms with Crippen LogP contribution in [0.2, 0.25) is 0 Å². The van der Waals surface area contributed by atoms with Crippen LogP contribution in [-0.4, -0.2) is 66.0 Å². The number of hydrogen-bond donors (Lipinski definition) is 1. The number of aromatic nitrogens is 2. The van der Waals surface area contributed by atoms with Crippen molar-refractivity contribution in [3.8, 4) is 0 Å². The Balaban J connectivity index is 0.00000729. The number of nitrogens with one attached hydrogen (secondary N) is 1. The number of alkyl carbamates (subject to hydrolysis) is 1. The van der Waals surface area contributed by atoms with Gasteiger partial charge in [0.05, 0.1) is 6.61 Å². The highest BCUT2D eigenvalue weighted by Crippen LogP contribution is 2.18. The van der Waals surface area contributed by atoms with Crippen LogP contribution < -0.4 is 5.32 Å². The lowest BCUT2D eigenvalue weighted by molar-refractivity contribution is 0.0829. The lowest BCUT2D eigenvalue weighted by Crippen LogP contribution is -2.42. The molecule has 1 rings (SSSR count). The quantitative estimate of drug-likeness (QED) is 0.439. The second-order valence-electron chi connectivity index (χ2n) is 8.35.